The molecule has 2 rings (SSSR count). The molecule has 1 fully saturated rings. The maximum absolute atomic E-state index is 11.7. The summed E-state index contributed by atoms with van der Waals surface area (Å²) in [5.74, 6) is 0.0469. The number of Topliss-reactive ketones (excluding diaryl/α,β-unsaturated/α-hetero) is 1. The van der Waals surface area contributed by atoms with Crippen molar-refractivity contribution in [3.8, 4) is 0 Å². The number of hydrogen-bond donors (Lipinski definition) is 0. The molecule has 1 amide bonds. The van der Waals surface area contributed by atoms with Crippen LogP contribution in [0.3, 0.4) is 0 Å². The number of rotatable bonds is 1. The van der Waals surface area contributed by atoms with Crippen molar-refractivity contribution in [3.63, 3.8) is 0 Å². The van der Waals surface area contributed by atoms with Crippen LogP contribution in [0.5, 0.6) is 0 Å². The summed E-state index contributed by atoms with van der Waals surface area (Å²) < 4.78 is 0. The van der Waals surface area contributed by atoms with Gasteiger partial charge < -0.3 is 4.90 Å². The van der Waals surface area contributed by atoms with Gasteiger partial charge in [0.25, 0.3) is 5.91 Å². The minimum Gasteiger partial charge on any atom is -0.331 e. The zero-order valence-electron chi connectivity index (χ0n) is 7.64. The second-order valence-electron chi connectivity index (χ2n) is 3.25. The van der Waals surface area contributed by atoms with Crippen LogP contribution in [0.4, 0.5) is 0 Å². The van der Waals surface area contributed by atoms with Crippen molar-refractivity contribution in [2.75, 3.05) is 13.1 Å². The number of amides is 1. The first-order valence-electron chi connectivity index (χ1n) is 4.48. The van der Waals surface area contributed by atoms with Crippen molar-refractivity contribution in [1.82, 2.24) is 9.88 Å². The highest BCUT2D eigenvalue weighted by Gasteiger charge is 2.24. The van der Waals surface area contributed by atoms with E-state index in [-0.39, 0.29) is 18.2 Å². The van der Waals surface area contributed by atoms with E-state index in [0.717, 1.165) is 0 Å². The summed E-state index contributed by atoms with van der Waals surface area (Å²) in [6.07, 6.45) is 3.63. The third kappa shape index (κ3) is 1.64. The van der Waals surface area contributed by atoms with Crippen LogP contribution < -0.4 is 0 Å². The van der Waals surface area contributed by atoms with Crippen molar-refractivity contribution in [2.45, 2.75) is 6.42 Å². The molecule has 2 heterocycles. The Morgan fingerprint density at radius 2 is 2.07 bits per heavy atom. The fourth-order valence-corrected chi connectivity index (χ4v) is 1.48. The lowest BCUT2D eigenvalue weighted by Gasteiger charge is -2.13. The van der Waals surface area contributed by atoms with Crippen LogP contribution in [-0.2, 0) is 4.79 Å². The van der Waals surface area contributed by atoms with Gasteiger partial charge in [0.15, 0.2) is 5.78 Å². The predicted molar refractivity (Wildman–Crippen MR) is 49.8 cm³/mol. The van der Waals surface area contributed by atoms with Gasteiger partial charge in [-0.25, -0.2) is 0 Å². The van der Waals surface area contributed by atoms with Gasteiger partial charge in [-0.2, -0.15) is 0 Å². The molecule has 0 aliphatic carbocycles. The van der Waals surface area contributed by atoms with Crippen molar-refractivity contribution in [1.29, 1.82) is 0 Å². The van der Waals surface area contributed by atoms with Crippen LogP contribution in [0.2, 0.25) is 0 Å². The predicted octanol–water partition coefficient (Wildman–Crippen LogP) is 0.497. The standard InChI is InChI=1S/C10H10N2O2/c13-9-3-6-12(7-9)10(14)8-1-4-11-5-2-8/h1-2,4-5H,3,6-7H2. The Labute approximate surface area is 81.6 Å². The van der Waals surface area contributed by atoms with Crippen LogP contribution in [0.1, 0.15) is 16.8 Å². The largest absolute Gasteiger partial charge is 0.331 e. The number of carbonyl (C=O) groups is 2. The fraction of sp³-hybridized carbons (Fsp3) is 0.300. The molecule has 0 bridgehead atoms. The van der Waals surface area contributed by atoms with E-state index >= 15 is 0 Å². The van der Waals surface area contributed by atoms with Gasteiger partial charge >= 0.3 is 0 Å². The van der Waals surface area contributed by atoms with E-state index in [9.17, 15) is 9.59 Å². The minimum atomic E-state index is -0.0850. The van der Waals surface area contributed by atoms with Gasteiger partial charge in [-0.1, -0.05) is 0 Å². The Balaban J connectivity index is 2.13. The van der Waals surface area contributed by atoms with Gasteiger partial charge in [0.05, 0.1) is 6.54 Å². The Hall–Kier alpha value is -1.71. The highest BCUT2D eigenvalue weighted by atomic mass is 16.2. The highest BCUT2D eigenvalue weighted by Crippen LogP contribution is 2.09. The Kier molecular flexibility index (Phi) is 2.26. The third-order valence-electron chi connectivity index (χ3n) is 2.24. The summed E-state index contributed by atoms with van der Waals surface area (Å²) in [6.45, 7) is 0.793. The molecule has 1 saturated heterocycles. The molecule has 0 N–H and O–H groups in total. The SMILES string of the molecule is O=C1CCN(C(=O)c2ccncc2)C1. The lowest BCUT2D eigenvalue weighted by Crippen LogP contribution is -2.28. The molecule has 4 nitrogen and oxygen atoms in total. The van der Waals surface area contributed by atoms with Crippen molar-refractivity contribution >= 4 is 11.7 Å². The summed E-state index contributed by atoms with van der Waals surface area (Å²) in [5.41, 5.74) is 0.592. The highest BCUT2D eigenvalue weighted by molar-refractivity contribution is 5.98. The lowest BCUT2D eigenvalue weighted by atomic mass is 10.2. The molecule has 0 unspecified atom stereocenters. The van der Waals surface area contributed by atoms with Crippen LogP contribution >= 0.6 is 0 Å². The van der Waals surface area contributed by atoms with Crippen LogP contribution in [0.15, 0.2) is 24.5 Å². The molecule has 4 heteroatoms. The number of nitrogens with zero attached hydrogens (tertiary/aromatic N) is 2. The van der Waals surface area contributed by atoms with E-state index in [1.54, 1.807) is 29.4 Å². The first-order chi connectivity index (χ1) is 6.77. The molecule has 0 spiro atoms. The molecular formula is C10H10N2O2. The summed E-state index contributed by atoms with van der Waals surface area (Å²) in [6, 6.07) is 3.32. The van der Waals surface area contributed by atoms with Crippen molar-refractivity contribution in [3.05, 3.63) is 30.1 Å². The normalized spacial score (nSPS) is 16.0. The molecule has 0 saturated carbocycles. The number of hydrogen-bond acceptors (Lipinski definition) is 3. The van der Waals surface area contributed by atoms with Crippen molar-refractivity contribution in [2.24, 2.45) is 0 Å². The van der Waals surface area contributed by atoms with Gasteiger partial charge in [0, 0.05) is 30.9 Å². The monoisotopic (exact) mass is 190 g/mol. The molecular weight excluding hydrogens is 180 g/mol. The second kappa shape index (κ2) is 3.57. The van der Waals surface area contributed by atoms with E-state index < -0.39 is 0 Å². The number of pyridine rings is 1. The van der Waals surface area contributed by atoms with E-state index in [4.69, 9.17) is 0 Å². The van der Waals surface area contributed by atoms with Crippen molar-refractivity contribution < 1.29 is 9.59 Å². The molecule has 1 aromatic rings. The molecule has 72 valence electrons. The molecule has 1 aliphatic heterocycles. The number of aromatic nitrogens is 1. The third-order valence-corrected chi connectivity index (χ3v) is 2.24. The number of likely N-dealkylation sites (tertiary alicyclic amines) is 1. The second-order valence-corrected chi connectivity index (χ2v) is 3.25. The average Bonchev–Trinajstić information content (AvgIpc) is 2.65. The van der Waals surface area contributed by atoms with Gasteiger partial charge in [0.1, 0.15) is 0 Å². The summed E-state index contributed by atoms with van der Waals surface area (Å²) in [5, 5.41) is 0. The number of carbonyl (C=O) groups excluding carboxylic acids is 2. The van der Waals surface area contributed by atoms with E-state index in [1.165, 1.54) is 0 Å². The fourth-order valence-electron chi connectivity index (χ4n) is 1.48. The molecule has 0 atom stereocenters. The lowest BCUT2D eigenvalue weighted by molar-refractivity contribution is -0.116. The van der Waals surface area contributed by atoms with E-state index in [0.29, 0.717) is 18.5 Å². The zero-order valence-corrected chi connectivity index (χ0v) is 7.64. The molecule has 0 radical (unpaired) electrons. The Bertz CT molecular complexity index is 362. The van der Waals surface area contributed by atoms with E-state index in [2.05, 4.69) is 4.98 Å². The van der Waals surface area contributed by atoms with Gasteiger partial charge in [-0.05, 0) is 12.1 Å². The molecule has 14 heavy (non-hydrogen) atoms. The minimum absolute atomic E-state index is 0.0850. The first kappa shape index (κ1) is 8.87. The van der Waals surface area contributed by atoms with Gasteiger partial charge in [-0.3, -0.25) is 14.6 Å². The van der Waals surface area contributed by atoms with Crippen LogP contribution in [-0.4, -0.2) is 34.7 Å². The first-order valence-corrected chi connectivity index (χ1v) is 4.48. The van der Waals surface area contributed by atoms with Gasteiger partial charge in [0.2, 0.25) is 0 Å². The van der Waals surface area contributed by atoms with Crippen LogP contribution in [0, 0.1) is 0 Å². The Morgan fingerprint density at radius 3 is 2.64 bits per heavy atom. The summed E-state index contributed by atoms with van der Waals surface area (Å²) >= 11 is 0. The number of ketones is 1. The molecule has 1 aliphatic rings. The summed E-state index contributed by atoms with van der Waals surface area (Å²) in [7, 11) is 0. The quantitative estimate of drug-likeness (QED) is 0.647. The maximum Gasteiger partial charge on any atom is 0.254 e. The Morgan fingerprint density at radius 1 is 1.36 bits per heavy atom. The van der Waals surface area contributed by atoms with E-state index in [1.807, 2.05) is 0 Å². The molecule has 1 aromatic heterocycles. The maximum atomic E-state index is 11.7. The van der Waals surface area contributed by atoms with Crippen LogP contribution in [0.25, 0.3) is 0 Å². The topological polar surface area (TPSA) is 50.3 Å². The zero-order chi connectivity index (χ0) is 9.97. The summed E-state index contributed by atoms with van der Waals surface area (Å²) in [4.78, 5) is 28.1. The average molecular weight is 190 g/mol. The van der Waals surface area contributed by atoms with Gasteiger partial charge in [-0.15, -0.1) is 0 Å². The molecule has 0 aromatic carbocycles. The smallest absolute Gasteiger partial charge is 0.254 e.